The molecule has 0 radical (unpaired) electrons. The van der Waals surface area contributed by atoms with Gasteiger partial charge < -0.3 is 9.47 Å². The van der Waals surface area contributed by atoms with Crippen molar-refractivity contribution in [1.29, 1.82) is 0 Å². The average molecular weight is 883 g/mol. The van der Waals surface area contributed by atoms with Crippen molar-refractivity contribution in [3.63, 3.8) is 0 Å². The van der Waals surface area contributed by atoms with Crippen LogP contribution in [0.3, 0.4) is 0 Å². The number of hydrogen-bond acceptors (Lipinski definition) is 3. The molecule has 10 aromatic carbocycles. The summed E-state index contributed by atoms with van der Waals surface area (Å²) in [7, 11) is 0. The molecule has 2 heterocycles. The van der Waals surface area contributed by atoms with Gasteiger partial charge in [0.25, 0.3) is 0 Å². The van der Waals surface area contributed by atoms with E-state index in [4.69, 9.17) is 9.97 Å². The Balaban J connectivity index is 0.918. The fraction of sp³-hybridized carbons (Fsp3) is 0.0462. The molecule has 69 heavy (non-hydrogen) atoms. The molecular formula is C65H46N4. The van der Waals surface area contributed by atoms with Gasteiger partial charge in [0.15, 0.2) is 5.82 Å². The standard InChI is InChI=1S/C65H46N4/c1-65(2)58-28-12-9-25-53(58)54-37-36-52(42-59(54)65)68(49-34-31-44(32-35-49)43-17-5-3-6-18-43)50-23-16-24-51(41-50)69-61-30-14-11-26-55(61)57-40-47(33-38-62(57)69)46-21-15-22-48(39-46)64-66-60-29-13-10-27-56(60)63(67-64)45-19-7-4-8-20-45/h3-42H,1-2H3. The van der Waals surface area contributed by atoms with Crippen LogP contribution in [-0.4, -0.2) is 14.5 Å². The van der Waals surface area contributed by atoms with Crippen LogP contribution in [0.25, 0.3) is 94.4 Å². The number of anilines is 3. The van der Waals surface area contributed by atoms with E-state index in [1.54, 1.807) is 0 Å². The first kappa shape index (κ1) is 40.4. The van der Waals surface area contributed by atoms with E-state index in [0.29, 0.717) is 5.82 Å². The van der Waals surface area contributed by atoms with E-state index in [1.165, 1.54) is 44.2 Å². The van der Waals surface area contributed by atoms with Crippen LogP contribution in [0.4, 0.5) is 17.1 Å². The van der Waals surface area contributed by atoms with E-state index in [1.807, 2.05) is 12.1 Å². The van der Waals surface area contributed by atoms with E-state index in [0.717, 1.165) is 72.6 Å². The normalized spacial score (nSPS) is 12.6. The SMILES string of the molecule is CC1(C)c2ccccc2-c2ccc(N(c3ccc(-c4ccccc4)cc3)c3cccc(-n4c5ccccc5c5cc(-c6cccc(-c7nc(-c8ccccc8)c8ccccc8n7)c6)ccc54)c3)cc21. The number of aromatic nitrogens is 3. The van der Waals surface area contributed by atoms with Crippen molar-refractivity contribution in [1.82, 2.24) is 14.5 Å². The Morgan fingerprint density at radius 3 is 1.80 bits per heavy atom. The first-order chi connectivity index (χ1) is 34.0. The molecule has 0 atom stereocenters. The fourth-order valence-corrected chi connectivity index (χ4v) is 10.8. The Morgan fingerprint density at radius 2 is 0.957 bits per heavy atom. The summed E-state index contributed by atoms with van der Waals surface area (Å²) in [6, 6.07) is 87.5. The lowest BCUT2D eigenvalue weighted by molar-refractivity contribution is 0.660. The minimum absolute atomic E-state index is 0.133. The molecule has 13 rings (SSSR count). The van der Waals surface area contributed by atoms with Gasteiger partial charge in [0.05, 0.1) is 22.2 Å². The molecule has 0 fully saturated rings. The average Bonchev–Trinajstić information content (AvgIpc) is 3.86. The Hall–Kier alpha value is -8.86. The minimum atomic E-state index is -0.133. The second kappa shape index (κ2) is 16.2. The maximum absolute atomic E-state index is 5.19. The van der Waals surface area contributed by atoms with Crippen molar-refractivity contribution in [2.45, 2.75) is 19.3 Å². The highest BCUT2D eigenvalue weighted by atomic mass is 15.1. The topological polar surface area (TPSA) is 34.0 Å². The van der Waals surface area contributed by atoms with Gasteiger partial charge in [0.2, 0.25) is 0 Å². The zero-order chi connectivity index (χ0) is 46.1. The molecular weight excluding hydrogens is 837 g/mol. The van der Waals surface area contributed by atoms with E-state index in [2.05, 4.69) is 254 Å². The summed E-state index contributed by atoms with van der Waals surface area (Å²) >= 11 is 0. The molecule has 4 heteroatoms. The summed E-state index contributed by atoms with van der Waals surface area (Å²) in [4.78, 5) is 12.7. The van der Waals surface area contributed by atoms with Crippen molar-refractivity contribution in [3.05, 3.63) is 254 Å². The lowest BCUT2D eigenvalue weighted by Gasteiger charge is -2.28. The lowest BCUT2D eigenvalue weighted by atomic mass is 9.82. The quantitative estimate of drug-likeness (QED) is 0.152. The van der Waals surface area contributed by atoms with Crippen molar-refractivity contribution < 1.29 is 0 Å². The van der Waals surface area contributed by atoms with Crippen LogP contribution in [0, 0.1) is 0 Å². The Kier molecular flexibility index (Phi) is 9.48. The molecule has 0 spiro atoms. The third-order valence-electron chi connectivity index (χ3n) is 14.2. The Bertz CT molecular complexity index is 3920. The molecule has 0 bridgehead atoms. The molecule has 1 aliphatic rings. The van der Waals surface area contributed by atoms with Gasteiger partial charge in [-0.3, -0.25) is 0 Å². The number of para-hydroxylation sites is 2. The number of hydrogen-bond donors (Lipinski definition) is 0. The number of rotatable bonds is 8. The van der Waals surface area contributed by atoms with Gasteiger partial charge in [-0.1, -0.05) is 184 Å². The molecule has 0 amide bonds. The molecule has 0 N–H and O–H groups in total. The van der Waals surface area contributed by atoms with Crippen LogP contribution in [0.15, 0.2) is 243 Å². The predicted molar refractivity (Wildman–Crippen MR) is 288 cm³/mol. The summed E-state index contributed by atoms with van der Waals surface area (Å²) in [5.74, 6) is 0.710. The van der Waals surface area contributed by atoms with Crippen molar-refractivity contribution >= 4 is 49.8 Å². The molecule has 12 aromatic rings. The highest BCUT2D eigenvalue weighted by Crippen LogP contribution is 2.51. The van der Waals surface area contributed by atoms with Gasteiger partial charge in [0, 0.05) is 55.5 Å². The predicted octanol–water partition coefficient (Wildman–Crippen LogP) is 17.2. The molecule has 4 nitrogen and oxygen atoms in total. The van der Waals surface area contributed by atoms with Crippen LogP contribution >= 0.6 is 0 Å². The van der Waals surface area contributed by atoms with E-state index in [9.17, 15) is 0 Å². The summed E-state index contributed by atoms with van der Waals surface area (Å²) in [6.45, 7) is 4.71. The molecule has 1 aliphatic carbocycles. The second-order valence-electron chi connectivity index (χ2n) is 18.6. The molecule has 0 saturated heterocycles. The highest BCUT2D eigenvalue weighted by Gasteiger charge is 2.36. The molecule has 2 aromatic heterocycles. The van der Waals surface area contributed by atoms with Crippen LogP contribution in [0.1, 0.15) is 25.0 Å². The Labute approximate surface area is 402 Å². The molecule has 0 unspecified atom stereocenters. The van der Waals surface area contributed by atoms with Gasteiger partial charge in [-0.05, 0) is 117 Å². The van der Waals surface area contributed by atoms with E-state index >= 15 is 0 Å². The summed E-state index contributed by atoms with van der Waals surface area (Å²) in [6.07, 6.45) is 0. The van der Waals surface area contributed by atoms with Crippen LogP contribution in [0.2, 0.25) is 0 Å². The van der Waals surface area contributed by atoms with Gasteiger partial charge in [-0.2, -0.15) is 0 Å². The van der Waals surface area contributed by atoms with Crippen LogP contribution in [-0.2, 0) is 5.41 Å². The monoisotopic (exact) mass is 882 g/mol. The Morgan fingerprint density at radius 1 is 0.362 bits per heavy atom. The lowest BCUT2D eigenvalue weighted by Crippen LogP contribution is -2.16. The highest BCUT2D eigenvalue weighted by molar-refractivity contribution is 6.10. The van der Waals surface area contributed by atoms with Gasteiger partial charge >= 0.3 is 0 Å². The fourth-order valence-electron chi connectivity index (χ4n) is 10.8. The third-order valence-corrected chi connectivity index (χ3v) is 14.2. The zero-order valence-corrected chi connectivity index (χ0v) is 38.4. The van der Waals surface area contributed by atoms with Crippen molar-refractivity contribution in [2.24, 2.45) is 0 Å². The zero-order valence-electron chi connectivity index (χ0n) is 38.4. The first-order valence-electron chi connectivity index (χ1n) is 23.7. The third kappa shape index (κ3) is 6.83. The van der Waals surface area contributed by atoms with Crippen molar-refractivity contribution in [2.75, 3.05) is 4.90 Å². The number of nitrogens with zero attached hydrogens (tertiary/aromatic N) is 4. The van der Waals surface area contributed by atoms with Crippen LogP contribution < -0.4 is 4.90 Å². The first-order valence-corrected chi connectivity index (χ1v) is 23.7. The molecule has 0 aliphatic heterocycles. The smallest absolute Gasteiger partial charge is 0.160 e. The van der Waals surface area contributed by atoms with E-state index < -0.39 is 0 Å². The largest absolute Gasteiger partial charge is 0.310 e. The maximum Gasteiger partial charge on any atom is 0.160 e. The summed E-state index contributed by atoms with van der Waals surface area (Å²) in [5.41, 5.74) is 20.5. The maximum atomic E-state index is 5.19. The molecule has 326 valence electrons. The second-order valence-corrected chi connectivity index (χ2v) is 18.6. The number of benzene rings is 10. The van der Waals surface area contributed by atoms with Gasteiger partial charge in [-0.25, -0.2) is 9.97 Å². The van der Waals surface area contributed by atoms with Crippen molar-refractivity contribution in [3.8, 4) is 61.7 Å². The van der Waals surface area contributed by atoms with Gasteiger partial charge in [-0.15, -0.1) is 0 Å². The minimum Gasteiger partial charge on any atom is -0.310 e. The molecule has 0 saturated carbocycles. The summed E-state index contributed by atoms with van der Waals surface area (Å²) < 4.78 is 2.42. The number of fused-ring (bicyclic) bond motifs is 7. The van der Waals surface area contributed by atoms with Gasteiger partial charge in [0.1, 0.15) is 0 Å². The van der Waals surface area contributed by atoms with Crippen LogP contribution in [0.5, 0.6) is 0 Å². The van der Waals surface area contributed by atoms with E-state index in [-0.39, 0.29) is 5.41 Å². The summed E-state index contributed by atoms with van der Waals surface area (Å²) in [5, 5.41) is 3.44.